The van der Waals surface area contributed by atoms with Crippen LogP contribution in [0.2, 0.25) is 0 Å². The molecule has 0 aliphatic rings. The van der Waals surface area contributed by atoms with Crippen LogP contribution in [-0.2, 0) is 40.1 Å². The van der Waals surface area contributed by atoms with Gasteiger partial charge in [-0.15, -0.1) is 10.2 Å². The molecule has 1 amide bonds. The molecule has 0 radical (unpaired) electrons. The molecule has 0 unspecified atom stereocenters. The fraction of sp³-hybridized carbons (Fsp3) is 0.280. The van der Waals surface area contributed by atoms with Crippen LogP contribution in [0.25, 0.3) is 11.1 Å². The number of esters is 1. The number of hydrogen-bond donors (Lipinski definition) is 1. The van der Waals surface area contributed by atoms with Crippen LogP contribution in [0.5, 0.6) is 0 Å². The molecule has 4 aromatic rings. The highest BCUT2D eigenvalue weighted by Crippen LogP contribution is 2.24. The van der Waals surface area contributed by atoms with Gasteiger partial charge in [0.15, 0.2) is 0 Å². The molecule has 0 spiro atoms. The molecule has 3 aromatic heterocycles. The summed E-state index contributed by atoms with van der Waals surface area (Å²) in [7, 11) is 0. The van der Waals surface area contributed by atoms with Gasteiger partial charge in [-0.1, -0.05) is 12.1 Å². The molecule has 0 aliphatic carbocycles. The van der Waals surface area contributed by atoms with Crippen molar-refractivity contribution in [1.82, 2.24) is 25.0 Å². The molecule has 3 heterocycles. The van der Waals surface area contributed by atoms with E-state index in [2.05, 4.69) is 25.6 Å². The van der Waals surface area contributed by atoms with E-state index in [9.17, 15) is 9.59 Å². The van der Waals surface area contributed by atoms with Gasteiger partial charge in [-0.25, -0.2) is 0 Å². The molecular formula is C25H26N6O4. The van der Waals surface area contributed by atoms with Crippen molar-refractivity contribution in [3.63, 3.8) is 0 Å². The van der Waals surface area contributed by atoms with Crippen molar-refractivity contribution in [2.75, 3.05) is 11.9 Å². The number of anilines is 1. The summed E-state index contributed by atoms with van der Waals surface area (Å²) in [6.45, 7) is 2.14. The van der Waals surface area contributed by atoms with Crippen LogP contribution in [0.3, 0.4) is 0 Å². The topological polar surface area (TPSA) is 125 Å². The average Bonchev–Trinajstić information content (AvgIpc) is 3.55. The second-order valence-electron chi connectivity index (χ2n) is 7.84. The van der Waals surface area contributed by atoms with Crippen molar-refractivity contribution in [2.24, 2.45) is 0 Å². The third-order valence-corrected chi connectivity index (χ3v) is 5.34. The molecule has 0 atom stereocenters. The standard InChI is InChI=1S/C25H26N6O4/c1-2-34-25(33)16-31-15-20(14-28-31)22-11-12-26-13-19(22)6-9-23(32)29-21-7-3-18(4-8-21)5-10-24-30-27-17-35-24/h3-4,7-8,11-15,17H,2,5-6,9-10,16H2,1H3,(H,29,32). The van der Waals surface area contributed by atoms with Gasteiger partial charge in [-0.05, 0) is 54.7 Å². The Bertz CT molecular complexity index is 1250. The van der Waals surface area contributed by atoms with Crippen LogP contribution in [0, 0.1) is 0 Å². The van der Waals surface area contributed by atoms with Crippen molar-refractivity contribution >= 4 is 17.6 Å². The number of benzene rings is 1. The third kappa shape index (κ3) is 6.83. The predicted octanol–water partition coefficient (Wildman–Crippen LogP) is 3.25. The second-order valence-corrected chi connectivity index (χ2v) is 7.84. The van der Waals surface area contributed by atoms with Gasteiger partial charge in [0.1, 0.15) is 6.54 Å². The van der Waals surface area contributed by atoms with Crippen molar-refractivity contribution in [1.29, 1.82) is 0 Å². The first-order valence-electron chi connectivity index (χ1n) is 11.4. The Hall–Kier alpha value is -4.34. The van der Waals surface area contributed by atoms with Crippen LogP contribution in [-0.4, -0.2) is 43.4 Å². The highest BCUT2D eigenvalue weighted by molar-refractivity contribution is 5.91. The van der Waals surface area contributed by atoms with Crippen LogP contribution in [0.4, 0.5) is 5.69 Å². The number of hydrogen-bond acceptors (Lipinski definition) is 8. The maximum absolute atomic E-state index is 12.6. The van der Waals surface area contributed by atoms with E-state index < -0.39 is 0 Å². The average molecular weight is 475 g/mol. The van der Waals surface area contributed by atoms with Gasteiger partial charge in [0, 0.05) is 42.7 Å². The molecule has 10 nitrogen and oxygen atoms in total. The van der Waals surface area contributed by atoms with Gasteiger partial charge in [0.05, 0.1) is 12.8 Å². The van der Waals surface area contributed by atoms with Gasteiger partial charge in [0.2, 0.25) is 18.2 Å². The summed E-state index contributed by atoms with van der Waals surface area (Å²) in [5.74, 6) is 0.175. The molecule has 4 rings (SSSR count). The summed E-state index contributed by atoms with van der Waals surface area (Å²) < 4.78 is 11.7. The zero-order valence-corrected chi connectivity index (χ0v) is 19.4. The van der Waals surface area contributed by atoms with Crippen LogP contribution in [0.15, 0.2) is 65.9 Å². The zero-order valence-electron chi connectivity index (χ0n) is 19.4. The molecule has 0 bridgehead atoms. The summed E-state index contributed by atoms with van der Waals surface area (Å²) in [6.07, 6.45) is 10.5. The molecule has 35 heavy (non-hydrogen) atoms. The zero-order chi connectivity index (χ0) is 24.5. The largest absolute Gasteiger partial charge is 0.465 e. The van der Waals surface area contributed by atoms with Gasteiger partial charge >= 0.3 is 5.97 Å². The van der Waals surface area contributed by atoms with Crippen LogP contribution >= 0.6 is 0 Å². The Balaban J connectivity index is 1.31. The van der Waals surface area contributed by atoms with Gasteiger partial charge in [0.25, 0.3) is 0 Å². The van der Waals surface area contributed by atoms with Gasteiger partial charge in [-0.3, -0.25) is 19.3 Å². The fourth-order valence-electron chi connectivity index (χ4n) is 3.62. The lowest BCUT2D eigenvalue weighted by atomic mass is 10.0. The number of carbonyl (C=O) groups excluding carboxylic acids is 2. The van der Waals surface area contributed by atoms with Gasteiger partial charge in [-0.2, -0.15) is 5.10 Å². The Morgan fingerprint density at radius 3 is 2.71 bits per heavy atom. The summed E-state index contributed by atoms with van der Waals surface area (Å²) in [5.41, 5.74) is 4.55. The molecule has 0 fully saturated rings. The van der Waals surface area contributed by atoms with Crippen LogP contribution < -0.4 is 5.32 Å². The van der Waals surface area contributed by atoms with E-state index in [0.717, 1.165) is 34.4 Å². The predicted molar refractivity (Wildman–Crippen MR) is 127 cm³/mol. The van der Waals surface area contributed by atoms with E-state index in [4.69, 9.17) is 9.15 Å². The lowest BCUT2D eigenvalue weighted by molar-refractivity contribution is -0.144. The number of nitrogens with one attached hydrogen (secondary N) is 1. The minimum absolute atomic E-state index is 0.0480. The Morgan fingerprint density at radius 1 is 1.09 bits per heavy atom. The number of ether oxygens (including phenoxy) is 1. The second kappa shape index (κ2) is 11.7. The maximum atomic E-state index is 12.6. The first kappa shape index (κ1) is 23.8. The highest BCUT2D eigenvalue weighted by Gasteiger charge is 2.12. The van der Waals surface area contributed by atoms with E-state index in [1.54, 1.807) is 31.7 Å². The smallest absolute Gasteiger partial charge is 0.327 e. The van der Waals surface area contributed by atoms with E-state index >= 15 is 0 Å². The number of pyridine rings is 1. The summed E-state index contributed by atoms with van der Waals surface area (Å²) in [5, 5.41) is 14.7. The van der Waals surface area contributed by atoms with Crippen molar-refractivity contribution in [3.8, 4) is 11.1 Å². The number of aromatic nitrogens is 5. The first-order valence-corrected chi connectivity index (χ1v) is 11.4. The maximum Gasteiger partial charge on any atom is 0.327 e. The van der Waals surface area contributed by atoms with Crippen molar-refractivity contribution in [2.45, 2.75) is 39.2 Å². The minimum atomic E-state index is -0.339. The Kier molecular flexibility index (Phi) is 7.95. The molecule has 0 saturated carbocycles. The lowest BCUT2D eigenvalue weighted by Crippen LogP contribution is -2.13. The van der Waals surface area contributed by atoms with E-state index in [1.165, 1.54) is 11.1 Å². The number of rotatable bonds is 11. The monoisotopic (exact) mass is 474 g/mol. The third-order valence-electron chi connectivity index (χ3n) is 5.34. The molecule has 0 aliphatic heterocycles. The van der Waals surface area contributed by atoms with E-state index in [1.807, 2.05) is 30.3 Å². The SMILES string of the molecule is CCOC(=O)Cn1cc(-c2ccncc2CCC(=O)Nc2ccc(CCc3nnco3)cc2)cn1. The lowest BCUT2D eigenvalue weighted by Gasteiger charge is -2.09. The quantitative estimate of drug-likeness (QED) is 0.329. The van der Waals surface area contributed by atoms with Crippen molar-refractivity contribution in [3.05, 3.63) is 78.5 Å². The van der Waals surface area contributed by atoms with Crippen molar-refractivity contribution < 1.29 is 18.7 Å². The Labute approximate surface area is 202 Å². The molecular weight excluding hydrogens is 448 g/mol. The van der Waals surface area contributed by atoms with E-state index in [-0.39, 0.29) is 18.4 Å². The van der Waals surface area contributed by atoms with Crippen LogP contribution in [0.1, 0.15) is 30.4 Å². The molecule has 10 heteroatoms. The molecule has 1 aromatic carbocycles. The number of carbonyl (C=O) groups is 2. The van der Waals surface area contributed by atoms with E-state index in [0.29, 0.717) is 31.8 Å². The fourth-order valence-corrected chi connectivity index (χ4v) is 3.62. The summed E-state index contributed by atoms with van der Waals surface area (Å²) in [6, 6.07) is 9.59. The summed E-state index contributed by atoms with van der Waals surface area (Å²) >= 11 is 0. The number of amides is 1. The first-order chi connectivity index (χ1) is 17.1. The highest BCUT2D eigenvalue weighted by atomic mass is 16.5. The molecule has 180 valence electrons. The van der Waals surface area contributed by atoms with Gasteiger partial charge < -0.3 is 14.5 Å². The normalized spacial score (nSPS) is 10.8. The number of aryl methyl sites for hydroxylation is 3. The molecule has 1 N–H and O–H groups in total. The number of nitrogens with zero attached hydrogens (tertiary/aromatic N) is 5. The Morgan fingerprint density at radius 2 is 1.94 bits per heavy atom. The molecule has 0 saturated heterocycles. The summed E-state index contributed by atoms with van der Waals surface area (Å²) in [4.78, 5) is 28.5. The minimum Gasteiger partial charge on any atom is -0.465 e.